The van der Waals surface area contributed by atoms with Crippen LogP contribution in [0.3, 0.4) is 0 Å². The van der Waals surface area contributed by atoms with Crippen molar-refractivity contribution in [1.82, 2.24) is 4.90 Å². The van der Waals surface area contributed by atoms with E-state index in [0.717, 1.165) is 44.6 Å². The van der Waals surface area contributed by atoms with Crippen LogP contribution in [0.4, 0.5) is 10.5 Å². The molecule has 116 valence electrons. The number of rotatable bonds is 4. The minimum Gasteiger partial charge on any atom is -0.324 e. The first-order chi connectivity index (χ1) is 9.92. The summed E-state index contributed by atoms with van der Waals surface area (Å²) in [5.41, 5.74) is 2.65. The number of fused-ring (bicyclic) bond motifs is 1. The smallest absolute Gasteiger partial charge is 0.324 e. The van der Waals surface area contributed by atoms with E-state index < -0.39 is 0 Å². The van der Waals surface area contributed by atoms with Crippen LogP contribution in [0.25, 0.3) is 0 Å². The summed E-state index contributed by atoms with van der Waals surface area (Å²) in [6.45, 7) is 11.3. The quantitative estimate of drug-likeness (QED) is 0.809. The molecule has 0 unspecified atom stereocenters. The normalized spacial score (nSPS) is 14.2. The van der Waals surface area contributed by atoms with Crippen LogP contribution in [0.2, 0.25) is 0 Å². The van der Waals surface area contributed by atoms with Crippen molar-refractivity contribution < 1.29 is 4.79 Å². The van der Waals surface area contributed by atoms with Crippen molar-refractivity contribution in [2.24, 2.45) is 5.41 Å². The van der Waals surface area contributed by atoms with Crippen molar-refractivity contribution in [3.8, 4) is 0 Å². The molecule has 21 heavy (non-hydrogen) atoms. The first kappa shape index (κ1) is 15.9. The van der Waals surface area contributed by atoms with Gasteiger partial charge in [-0.1, -0.05) is 45.9 Å². The average molecular weight is 288 g/mol. The molecule has 0 aromatic heterocycles. The third kappa shape index (κ3) is 3.99. The molecule has 0 spiro atoms. The van der Waals surface area contributed by atoms with Crippen molar-refractivity contribution >= 4 is 11.7 Å². The Morgan fingerprint density at radius 3 is 2.62 bits per heavy atom. The summed E-state index contributed by atoms with van der Waals surface area (Å²) in [7, 11) is 0. The zero-order valence-electron chi connectivity index (χ0n) is 13.9. The van der Waals surface area contributed by atoms with Crippen LogP contribution >= 0.6 is 0 Å². The number of hydrogen-bond donors (Lipinski definition) is 0. The van der Waals surface area contributed by atoms with E-state index in [2.05, 4.69) is 45.9 Å². The van der Waals surface area contributed by atoms with Crippen LogP contribution in [0.1, 0.15) is 46.1 Å². The second-order valence-corrected chi connectivity index (χ2v) is 7.11. The number of hydrogen-bond acceptors (Lipinski definition) is 1. The number of nitrogens with zero attached hydrogens (tertiary/aromatic N) is 2. The number of para-hydroxylation sites is 1. The molecule has 0 atom stereocenters. The zero-order valence-corrected chi connectivity index (χ0v) is 13.9. The van der Waals surface area contributed by atoms with E-state index in [1.807, 2.05) is 15.9 Å². The van der Waals surface area contributed by atoms with Gasteiger partial charge in [-0.25, -0.2) is 4.79 Å². The summed E-state index contributed by atoms with van der Waals surface area (Å²) in [5, 5.41) is 0. The molecule has 0 saturated heterocycles. The van der Waals surface area contributed by atoms with E-state index in [4.69, 9.17) is 0 Å². The average Bonchev–Trinajstić information content (AvgIpc) is 2.85. The molecule has 0 radical (unpaired) electrons. The van der Waals surface area contributed by atoms with Gasteiger partial charge in [0.05, 0.1) is 0 Å². The van der Waals surface area contributed by atoms with E-state index >= 15 is 0 Å². The largest absolute Gasteiger partial charge is 0.324 e. The van der Waals surface area contributed by atoms with Gasteiger partial charge in [0.1, 0.15) is 0 Å². The summed E-state index contributed by atoms with van der Waals surface area (Å²) in [6, 6.07) is 8.43. The van der Waals surface area contributed by atoms with Crippen molar-refractivity contribution in [2.45, 2.75) is 47.0 Å². The van der Waals surface area contributed by atoms with Crippen molar-refractivity contribution in [2.75, 3.05) is 24.5 Å². The molecule has 0 N–H and O–H groups in total. The number of amides is 2. The summed E-state index contributed by atoms with van der Waals surface area (Å²) in [6.07, 6.45) is 3.01. The van der Waals surface area contributed by atoms with Crippen molar-refractivity contribution in [1.29, 1.82) is 0 Å². The van der Waals surface area contributed by atoms with Crippen LogP contribution in [-0.2, 0) is 6.42 Å². The van der Waals surface area contributed by atoms with Gasteiger partial charge in [-0.05, 0) is 36.3 Å². The van der Waals surface area contributed by atoms with Crippen LogP contribution in [0, 0.1) is 5.41 Å². The molecule has 0 aliphatic carbocycles. The third-order valence-corrected chi connectivity index (χ3v) is 4.01. The second kappa shape index (κ2) is 6.50. The number of benzene rings is 1. The Bertz CT molecular complexity index is 490. The van der Waals surface area contributed by atoms with Crippen LogP contribution in [0.15, 0.2) is 24.3 Å². The lowest BCUT2D eigenvalue weighted by Crippen LogP contribution is -2.44. The molecule has 1 aromatic rings. The van der Waals surface area contributed by atoms with E-state index in [0.29, 0.717) is 0 Å². The van der Waals surface area contributed by atoms with E-state index in [-0.39, 0.29) is 11.4 Å². The van der Waals surface area contributed by atoms with Gasteiger partial charge in [0.25, 0.3) is 0 Å². The fourth-order valence-corrected chi connectivity index (χ4v) is 2.75. The third-order valence-electron chi connectivity index (χ3n) is 4.01. The zero-order chi connectivity index (χ0) is 15.5. The first-order valence-corrected chi connectivity index (χ1v) is 8.07. The molecule has 1 aromatic carbocycles. The molecule has 1 aliphatic rings. The fourth-order valence-electron chi connectivity index (χ4n) is 2.75. The molecular weight excluding hydrogens is 260 g/mol. The highest BCUT2D eigenvalue weighted by Crippen LogP contribution is 2.29. The highest BCUT2D eigenvalue weighted by atomic mass is 16.2. The molecule has 1 aliphatic heterocycles. The molecule has 0 fully saturated rings. The lowest BCUT2D eigenvalue weighted by molar-refractivity contribution is 0.195. The van der Waals surface area contributed by atoms with E-state index in [1.54, 1.807) is 0 Å². The second-order valence-electron chi connectivity index (χ2n) is 7.11. The molecule has 2 rings (SSSR count). The van der Waals surface area contributed by atoms with Gasteiger partial charge in [0, 0.05) is 25.3 Å². The molecule has 1 heterocycles. The maximum atomic E-state index is 12.9. The number of urea groups is 1. The van der Waals surface area contributed by atoms with E-state index in [9.17, 15) is 4.79 Å². The molecule has 3 heteroatoms. The molecule has 3 nitrogen and oxygen atoms in total. The van der Waals surface area contributed by atoms with Crippen LogP contribution < -0.4 is 4.90 Å². The van der Waals surface area contributed by atoms with Gasteiger partial charge in [-0.3, -0.25) is 4.90 Å². The Labute approximate surface area is 128 Å². The van der Waals surface area contributed by atoms with Gasteiger partial charge in [0.2, 0.25) is 0 Å². The molecule has 0 bridgehead atoms. The first-order valence-electron chi connectivity index (χ1n) is 8.07. The van der Waals surface area contributed by atoms with Gasteiger partial charge in [-0.2, -0.15) is 0 Å². The predicted molar refractivity (Wildman–Crippen MR) is 88.8 cm³/mol. The minimum atomic E-state index is 0.172. The topological polar surface area (TPSA) is 23.6 Å². The van der Waals surface area contributed by atoms with Gasteiger partial charge in [-0.15, -0.1) is 0 Å². The maximum absolute atomic E-state index is 12.9. The van der Waals surface area contributed by atoms with Gasteiger partial charge < -0.3 is 4.90 Å². The maximum Gasteiger partial charge on any atom is 0.324 e. The Kier molecular flexibility index (Phi) is 4.92. The highest BCUT2D eigenvalue weighted by Gasteiger charge is 2.28. The summed E-state index contributed by atoms with van der Waals surface area (Å²) < 4.78 is 0. The lowest BCUT2D eigenvalue weighted by atomic mass is 9.92. The minimum absolute atomic E-state index is 0.172. The Hall–Kier alpha value is -1.51. The number of carbonyl (C=O) groups excluding carboxylic acids is 1. The van der Waals surface area contributed by atoms with Gasteiger partial charge in [0.15, 0.2) is 0 Å². The summed E-state index contributed by atoms with van der Waals surface area (Å²) in [4.78, 5) is 16.8. The predicted octanol–water partition coefficient (Wildman–Crippen LogP) is 4.32. The van der Waals surface area contributed by atoms with Gasteiger partial charge >= 0.3 is 6.03 Å². The fraction of sp³-hybridized carbons (Fsp3) is 0.611. The standard InChI is InChI=1S/C18H28N2O/c1-5-12-19(14-11-18(2,3)4)17(21)20-13-10-15-8-6-7-9-16(15)20/h6-9H,5,10-14H2,1-4H3. The monoisotopic (exact) mass is 288 g/mol. The Morgan fingerprint density at radius 1 is 1.24 bits per heavy atom. The van der Waals surface area contributed by atoms with Crippen molar-refractivity contribution in [3.05, 3.63) is 29.8 Å². The van der Waals surface area contributed by atoms with Crippen molar-refractivity contribution in [3.63, 3.8) is 0 Å². The molecular formula is C18H28N2O. The number of anilines is 1. The van der Waals surface area contributed by atoms with Crippen LogP contribution in [-0.4, -0.2) is 30.6 Å². The lowest BCUT2D eigenvalue weighted by Gasteiger charge is -2.30. The summed E-state index contributed by atoms with van der Waals surface area (Å²) in [5.74, 6) is 0. The molecule has 0 saturated carbocycles. The Balaban J connectivity index is 2.09. The Morgan fingerprint density at radius 2 is 1.95 bits per heavy atom. The highest BCUT2D eigenvalue weighted by molar-refractivity contribution is 5.94. The molecule has 2 amide bonds. The van der Waals surface area contributed by atoms with Crippen LogP contribution in [0.5, 0.6) is 0 Å². The summed E-state index contributed by atoms with van der Waals surface area (Å²) >= 11 is 0. The SMILES string of the molecule is CCCN(CCC(C)(C)C)C(=O)N1CCc2ccccc21. The van der Waals surface area contributed by atoms with E-state index in [1.165, 1.54) is 5.56 Å². The number of carbonyl (C=O) groups is 1.